The molecular weight excluding hydrogens is 216 g/mol. The van der Waals surface area contributed by atoms with Gasteiger partial charge in [-0.15, -0.1) is 11.3 Å². The molecule has 4 atom stereocenters. The van der Waals surface area contributed by atoms with Gasteiger partial charge < -0.3 is 5.11 Å². The molecule has 4 unspecified atom stereocenters. The topological polar surface area (TPSA) is 20.2 Å². The third-order valence-corrected chi connectivity index (χ3v) is 5.43. The Morgan fingerprint density at radius 2 is 2.31 bits per heavy atom. The highest BCUT2D eigenvalue weighted by atomic mass is 32.1. The minimum absolute atomic E-state index is 0.214. The third-order valence-electron chi connectivity index (χ3n) is 4.55. The molecule has 3 rings (SSSR count). The number of hydrogen-bond donors (Lipinski definition) is 1. The average Bonchev–Trinajstić information content (AvgIpc) is 2.92. The maximum Gasteiger partial charge on any atom is 0.0800 e. The highest BCUT2D eigenvalue weighted by molar-refractivity contribution is 7.10. The van der Waals surface area contributed by atoms with Crippen LogP contribution in [0.15, 0.2) is 11.4 Å². The van der Waals surface area contributed by atoms with E-state index in [9.17, 15) is 5.11 Å². The standard InChI is InChI=1S/C14H20OS/c1-9-4-13(8-16-9)14(15)7-12-6-10-2-3-11(12)5-10/h4,8,10-12,14-15H,2-3,5-7H2,1H3. The molecule has 0 amide bonds. The van der Waals surface area contributed by atoms with E-state index in [1.165, 1.54) is 30.6 Å². The lowest BCUT2D eigenvalue weighted by atomic mass is 9.84. The van der Waals surface area contributed by atoms with Gasteiger partial charge in [-0.05, 0) is 67.4 Å². The highest BCUT2D eigenvalue weighted by Crippen LogP contribution is 2.51. The van der Waals surface area contributed by atoms with Crippen molar-refractivity contribution in [2.24, 2.45) is 17.8 Å². The van der Waals surface area contributed by atoms with Crippen LogP contribution in [0.5, 0.6) is 0 Å². The number of thiophene rings is 1. The smallest absolute Gasteiger partial charge is 0.0800 e. The number of hydrogen-bond acceptors (Lipinski definition) is 2. The number of aliphatic hydroxyl groups is 1. The van der Waals surface area contributed by atoms with Crippen molar-refractivity contribution in [3.63, 3.8) is 0 Å². The van der Waals surface area contributed by atoms with Crippen LogP contribution >= 0.6 is 11.3 Å². The number of fused-ring (bicyclic) bond motifs is 2. The fraction of sp³-hybridized carbons (Fsp3) is 0.714. The molecule has 2 aliphatic rings. The first kappa shape index (κ1) is 10.8. The van der Waals surface area contributed by atoms with E-state index in [-0.39, 0.29) is 6.10 Å². The van der Waals surface area contributed by atoms with Crippen LogP contribution in [0.4, 0.5) is 0 Å². The van der Waals surface area contributed by atoms with Gasteiger partial charge in [-0.2, -0.15) is 0 Å². The van der Waals surface area contributed by atoms with Crippen LogP contribution in [0.1, 0.15) is 48.6 Å². The van der Waals surface area contributed by atoms with Crippen molar-refractivity contribution < 1.29 is 5.11 Å². The molecule has 0 aliphatic heterocycles. The monoisotopic (exact) mass is 236 g/mol. The van der Waals surface area contributed by atoms with Gasteiger partial charge in [0.05, 0.1) is 6.10 Å². The largest absolute Gasteiger partial charge is 0.388 e. The summed E-state index contributed by atoms with van der Waals surface area (Å²) >= 11 is 1.75. The molecule has 1 aromatic heterocycles. The van der Waals surface area contributed by atoms with Gasteiger partial charge in [0, 0.05) is 4.88 Å². The molecule has 1 nitrogen and oxygen atoms in total. The summed E-state index contributed by atoms with van der Waals surface area (Å²) in [6.07, 6.45) is 6.48. The van der Waals surface area contributed by atoms with Crippen molar-refractivity contribution >= 4 is 11.3 Å². The molecular formula is C14H20OS. The predicted molar refractivity (Wildman–Crippen MR) is 67.6 cm³/mol. The Kier molecular flexibility index (Phi) is 2.80. The highest BCUT2D eigenvalue weighted by Gasteiger charge is 2.40. The van der Waals surface area contributed by atoms with E-state index in [1.807, 2.05) is 0 Å². The van der Waals surface area contributed by atoms with Gasteiger partial charge in [0.2, 0.25) is 0 Å². The molecule has 2 aliphatic carbocycles. The van der Waals surface area contributed by atoms with Crippen molar-refractivity contribution in [3.05, 3.63) is 21.9 Å². The fourth-order valence-electron chi connectivity index (χ4n) is 3.73. The van der Waals surface area contributed by atoms with Gasteiger partial charge in [0.1, 0.15) is 0 Å². The second kappa shape index (κ2) is 4.15. The van der Waals surface area contributed by atoms with E-state index in [4.69, 9.17) is 0 Å². The molecule has 88 valence electrons. The first-order valence-electron chi connectivity index (χ1n) is 6.45. The lowest BCUT2D eigenvalue weighted by molar-refractivity contribution is 0.126. The molecule has 0 radical (unpaired) electrons. The summed E-state index contributed by atoms with van der Waals surface area (Å²) in [6, 6.07) is 2.14. The predicted octanol–water partition coefficient (Wildman–Crippen LogP) is 3.92. The van der Waals surface area contributed by atoms with Crippen molar-refractivity contribution in [1.29, 1.82) is 0 Å². The first-order chi connectivity index (χ1) is 7.72. The number of rotatable bonds is 3. The van der Waals surface area contributed by atoms with Gasteiger partial charge in [0.15, 0.2) is 0 Å². The van der Waals surface area contributed by atoms with Crippen LogP contribution in [0.3, 0.4) is 0 Å². The van der Waals surface area contributed by atoms with Crippen LogP contribution in [0.2, 0.25) is 0 Å². The zero-order chi connectivity index (χ0) is 11.1. The Morgan fingerprint density at radius 3 is 2.88 bits per heavy atom. The summed E-state index contributed by atoms with van der Waals surface area (Å²) in [5.41, 5.74) is 1.14. The van der Waals surface area contributed by atoms with Gasteiger partial charge in [-0.3, -0.25) is 0 Å². The van der Waals surface area contributed by atoms with Crippen LogP contribution in [0.25, 0.3) is 0 Å². The van der Waals surface area contributed by atoms with E-state index >= 15 is 0 Å². The van der Waals surface area contributed by atoms with Crippen molar-refractivity contribution in [2.75, 3.05) is 0 Å². The second-order valence-corrected chi connectivity index (χ2v) is 6.79. The Hall–Kier alpha value is -0.340. The fourth-order valence-corrected chi connectivity index (χ4v) is 4.48. The lowest BCUT2D eigenvalue weighted by Crippen LogP contribution is -2.14. The molecule has 2 fully saturated rings. The van der Waals surface area contributed by atoms with E-state index in [1.54, 1.807) is 11.3 Å². The molecule has 1 heterocycles. The summed E-state index contributed by atoms with van der Waals surface area (Å²) in [5.74, 6) is 2.72. The van der Waals surface area contributed by atoms with Crippen molar-refractivity contribution in [1.82, 2.24) is 0 Å². The van der Waals surface area contributed by atoms with E-state index < -0.39 is 0 Å². The van der Waals surface area contributed by atoms with E-state index in [0.717, 1.165) is 29.7 Å². The average molecular weight is 236 g/mol. The molecule has 1 aromatic rings. The Labute approximate surface area is 102 Å². The maximum atomic E-state index is 10.2. The Morgan fingerprint density at radius 1 is 1.44 bits per heavy atom. The molecule has 16 heavy (non-hydrogen) atoms. The normalized spacial score (nSPS) is 34.5. The molecule has 0 saturated heterocycles. The zero-order valence-electron chi connectivity index (χ0n) is 9.86. The van der Waals surface area contributed by atoms with Crippen LogP contribution in [0, 0.1) is 24.7 Å². The third kappa shape index (κ3) is 1.93. The second-order valence-electron chi connectivity index (χ2n) is 5.68. The quantitative estimate of drug-likeness (QED) is 0.843. The molecule has 0 spiro atoms. The summed E-state index contributed by atoms with van der Waals surface area (Å²) in [5, 5.41) is 12.3. The molecule has 1 N–H and O–H groups in total. The number of aryl methyl sites for hydroxylation is 1. The Balaban J connectivity index is 1.62. The van der Waals surface area contributed by atoms with Crippen LogP contribution in [-0.4, -0.2) is 5.11 Å². The Bertz CT molecular complexity index is 371. The maximum absolute atomic E-state index is 10.2. The van der Waals surface area contributed by atoms with Gasteiger partial charge >= 0.3 is 0 Å². The minimum atomic E-state index is -0.214. The van der Waals surface area contributed by atoms with Crippen molar-refractivity contribution in [2.45, 2.75) is 45.1 Å². The molecule has 2 saturated carbocycles. The molecule has 0 aromatic carbocycles. The lowest BCUT2D eigenvalue weighted by Gasteiger charge is -2.23. The zero-order valence-corrected chi connectivity index (χ0v) is 10.7. The first-order valence-corrected chi connectivity index (χ1v) is 7.33. The summed E-state index contributed by atoms with van der Waals surface area (Å²) in [6.45, 7) is 2.11. The number of aliphatic hydroxyl groups excluding tert-OH is 1. The summed E-state index contributed by atoms with van der Waals surface area (Å²) in [7, 11) is 0. The molecule has 2 heteroatoms. The minimum Gasteiger partial charge on any atom is -0.388 e. The molecule has 2 bridgehead atoms. The van der Waals surface area contributed by atoms with Crippen molar-refractivity contribution in [3.8, 4) is 0 Å². The van der Waals surface area contributed by atoms with E-state index in [2.05, 4.69) is 18.4 Å². The van der Waals surface area contributed by atoms with Gasteiger partial charge in [0.25, 0.3) is 0 Å². The SMILES string of the molecule is Cc1cc(C(O)CC2CC3CCC2C3)cs1. The van der Waals surface area contributed by atoms with Crippen LogP contribution < -0.4 is 0 Å². The summed E-state index contributed by atoms with van der Waals surface area (Å²) in [4.78, 5) is 1.31. The summed E-state index contributed by atoms with van der Waals surface area (Å²) < 4.78 is 0. The van der Waals surface area contributed by atoms with Crippen LogP contribution in [-0.2, 0) is 0 Å². The van der Waals surface area contributed by atoms with Gasteiger partial charge in [-0.25, -0.2) is 0 Å². The van der Waals surface area contributed by atoms with E-state index in [0.29, 0.717) is 0 Å². The van der Waals surface area contributed by atoms with Gasteiger partial charge in [-0.1, -0.05) is 6.42 Å².